The van der Waals surface area contributed by atoms with Crippen molar-refractivity contribution in [3.63, 3.8) is 0 Å². The van der Waals surface area contributed by atoms with Gasteiger partial charge in [-0.3, -0.25) is 4.79 Å². The molecule has 27 heavy (non-hydrogen) atoms. The zero-order chi connectivity index (χ0) is 19.9. The number of benzene rings is 1. The van der Waals surface area contributed by atoms with Crippen molar-refractivity contribution in [2.24, 2.45) is 5.92 Å². The largest absolute Gasteiger partial charge is 0.493 e. The lowest BCUT2D eigenvalue weighted by Gasteiger charge is -2.33. The molecule has 2 rings (SSSR count). The van der Waals surface area contributed by atoms with E-state index in [-0.39, 0.29) is 13.0 Å². The van der Waals surface area contributed by atoms with Crippen LogP contribution >= 0.6 is 0 Å². The smallest absolute Gasteiger partial charge is 0.393 e. The Bertz CT molecular complexity index is 726. The lowest BCUT2D eigenvalue weighted by molar-refractivity contribution is -0.188. The third kappa shape index (κ3) is 5.91. The summed E-state index contributed by atoms with van der Waals surface area (Å²) in [6, 6.07) is 5.80. The van der Waals surface area contributed by atoms with E-state index in [1.54, 1.807) is 18.2 Å². The molecule has 0 aliphatic heterocycles. The molecule has 0 aromatic heterocycles. The van der Waals surface area contributed by atoms with Gasteiger partial charge >= 0.3 is 6.18 Å². The minimum Gasteiger partial charge on any atom is -0.493 e. The van der Waals surface area contributed by atoms with Crippen molar-refractivity contribution >= 4 is 12.0 Å². The Morgan fingerprint density at radius 1 is 1.33 bits per heavy atom. The molecular weight excluding hydrogens is 361 g/mol. The zero-order valence-corrected chi connectivity index (χ0v) is 14.9. The predicted octanol–water partition coefficient (Wildman–Crippen LogP) is 3.85. The second-order valence-electron chi connectivity index (χ2n) is 6.24. The highest BCUT2D eigenvalue weighted by molar-refractivity contribution is 5.92. The van der Waals surface area contributed by atoms with Crippen LogP contribution < -0.4 is 14.8 Å². The number of methoxy groups -OCH3 is 1. The van der Waals surface area contributed by atoms with Crippen LogP contribution in [0.5, 0.6) is 11.5 Å². The van der Waals surface area contributed by atoms with Gasteiger partial charge in [-0.15, -0.1) is 0 Å². The Labute approximate surface area is 155 Å². The number of halogens is 3. The van der Waals surface area contributed by atoms with Gasteiger partial charge in [-0.1, -0.05) is 18.9 Å². The molecule has 1 fully saturated rings. The summed E-state index contributed by atoms with van der Waals surface area (Å²) in [5.74, 6) is -1.30. The van der Waals surface area contributed by atoms with Crippen molar-refractivity contribution in [3.8, 4) is 17.6 Å². The van der Waals surface area contributed by atoms with Gasteiger partial charge < -0.3 is 14.8 Å². The molecule has 0 spiro atoms. The van der Waals surface area contributed by atoms with Gasteiger partial charge in [0.15, 0.2) is 18.1 Å². The first-order valence-corrected chi connectivity index (χ1v) is 8.58. The first-order chi connectivity index (χ1) is 12.8. The van der Waals surface area contributed by atoms with Crippen molar-refractivity contribution in [2.45, 2.75) is 37.9 Å². The van der Waals surface area contributed by atoms with E-state index < -0.39 is 24.0 Å². The molecule has 0 bridgehead atoms. The topological polar surface area (TPSA) is 71.3 Å². The van der Waals surface area contributed by atoms with Crippen molar-refractivity contribution < 1.29 is 27.4 Å². The predicted molar refractivity (Wildman–Crippen MR) is 93.1 cm³/mol. The molecule has 5 nitrogen and oxygen atoms in total. The summed E-state index contributed by atoms with van der Waals surface area (Å²) in [6.07, 6.45) is -0.0737. The van der Waals surface area contributed by atoms with Crippen LogP contribution in [0.1, 0.15) is 31.2 Å². The average Bonchev–Trinajstić information content (AvgIpc) is 2.64. The molecule has 1 aliphatic carbocycles. The summed E-state index contributed by atoms with van der Waals surface area (Å²) >= 11 is 0. The first kappa shape index (κ1) is 20.6. The van der Waals surface area contributed by atoms with Crippen molar-refractivity contribution in [1.82, 2.24) is 5.32 Å². The second kappa shape index (κ2) is 9.31. The van der Waals surface area contributed by atoms with Crippen LogP contribution in [0.4, 0.5) is 13.2 Å². The van der Waals surface area contributed by atoms with Crippen LogP contribution in [-0.4, -0.2) is 31.8 Å². The average molecular weight is 382 g/mol. The summed E-state index contributed by atoms with van der Waals surface area (Å²) in [5.41, 5.74) is 0.613. The molecule has 1 aliphatic rings. The standard InChI is InChI=1S/C19H21F3N2O3/c1-26-17-12-13(6-8-16(17)27-11-10-23)7-9-18(25)24-15-5-3-2-4-14(15)19(20,21)22/h6-9,12,14-15H,2-5,11H2,1H3,(H,24,25)/b9-7+. The maximum absolute atomic E-state index is 13.1. The first-order valence-electron chi connectivity index (χ1n) is 8.58. The fraction of sp³-hybridized carbons (Fsp3) is 0.474. The number of nitrogens with zero attached hydrogens (tertiary/aromatic N) is 1. The molecule has 8 heteroatoms. The second-order valence-corrected chi connectivity index (χ2v) is 6.24. The van der Waals surface area contributed by atoms with Crippen LogP contribution in [-0.2, 0) is 4.79 Å². The number of nitrogens with one attached hydrogen (secondary N) is 1. The van der Waals surface area contributed by atoms with E-state index in [4.69, 9.17) is 14.7 Å². The maximum Gasteiger partial charge on any atom is 0.393 e. The molecule has 1 amide bonds. The highest BCUT2D eigenvalue weighted by Gasteiger charge is 2.45. The Balaban J connectivity index is 2.02. The number of ether oxygens (including phenoxy) is 2. The molecule has 0 heterocycles. The Kier molecular flexibility index (Phi) is 7.11. The number of nitriles is 1. The Morgan fingerprint density at radius 3 is 2.74 bits per heavy atom. The van der Waals surface area contributed by atoms with Crippen LogP contribution in [0.2, 0.25) is 0 Å². The van der Waals surface area contributed by atoms with Crippen molar-refractivity contribution in [3.05, 3.63) is 29.8 Å². The van der Waals surface area contributed by atoms with Crippen LogP contribution in [0, 0.1) is 17.2 Å². The molecule has 146 valence electrons. The quantitative estimate of drug-likeness (QED) is 0.759. The molecule has 0 saturated heterocycles. The third-order valence-electron chi connectivity index (χ3n) is 4.42. The summed E-state index contributed by atoms with van der Waals surface area (Å²) in [5, 5.41) is 11.0. The molecule has 1 aromatic rings. The normalized spacial score (nSPS) is 20.1. The van der Waals surface area contributed by atoms with E-state index in [2.05, 4.69) is 5.32 Å². The van der Waals surface area contributed by atoms with E-state index in [0.29, 0.717) is 36.3 Å². The van der Waals surface area contributed by atoms with Gasteiger partial charge in [0, 0.05) is 12.1 Å². The Hall–Kier alpha value is -2.69. The molecule has 2 atom stereocenters. The summed E-state index contributed by atoms with van der Waals surface area (Å²) in [4.78, 5) is 12.1. The number of hydrogen-bond donors (Lipinski definition) is 1. The molecule has 2 unspecified atom stereocenters. The van der Waals surface area contributed by atoms with Crippen LogP contribution in [0.3, 0.4) is 0 Å². The number of carbonyl (C=O) groups excluding carboxylic acids is 1. The van der Waals surface area contributed by atoms with Crippen LogP contribution in [0.25, 0.3) is 6.08 Å². The molecule has 0 radical (unpaired) electrons. The van der Waals surface area contributed by atoms with E-state index >= 15 is 0 Å². The maximum atomic E-state index is 13.1. The van der Waals surface area contributed by atoms with Gasteiger partial charge in [0.25, 0.3) is 0 Å². The monoisotopic (exact) mass is 382 g/mol. The summed E-state index contributed by atoms with van der Waals surface area (Å²) in [7, 11) is 1.44. The fourth-order valence-electron chi connectivity index (χ4n) is 3.12. The number of rotatable bonds is 6. The van der Waals surface area contributed by atoms with Crippen molar-refractivity contribution in [1.29, 1.82) is 5.26 Å². The van der Waals surface area contributed by atoms with Crippen LogP contribution in [0.15, 0.2) is 24.3 Å². The van der Waals surface area contributed by atoms with E-state index in [1.165, 1.54) is 19.3 Å². The summed E-state index contributed by atoms with van der Waals surface area (Å²) < 4.78 is 49.6. The van der Waals surface area contributed by atoms with Crippen molar-refractivity contribution in [2.75, 3.05) is 13.7 Å². The molecular formula is C19H21F3N2O3. The summed E-state index contributed by atoms with van der Waals surface area (Å²) in [6.45, 7) is -0.129. The lowest BCUT2D eigenvalue weighted by atomic mass is 9.84. The van der Waals surface area contributed by atoms with E-state index in [1.807, 2.05) is 6.07 Å². The van der Waals surface area contributed by atoms with Gasteiger partial charge in [0.05, 0.1) is 13.0 Å². The zero-order valence-electron chi connectivity index (χ0n) is 14.9. The minimum absolute atomic E-state index is 0.0412. The van der Waals surface area contributed by atoms with E-state index in [9.17, 15) is 18.0 Å². The highest BCUT2D eigenvalue weighted by atomic mass is 19.4. The van der Waals surface area contributed by atoms with Gasteiger partial charge in [-0.2, -0.15) is 18.4 Å². The number of alkyl halides is 3. The third-order valence-corrected chi connectivity index (χ3v) is 4.42. The lowest BCUT2D eigenvalue weighted by Crippen LogP contribution is -2.47. The Morgan fingerprint density at radius 2 is 2.07 bits per heavy atom. The number of hydrogen-bond acceptors (Lipinski definition) is 4. The number of carbonyl (C=O) groups is 1. The fourth-order valence-corrected chi connectivity index (χ4v) is 3.12. The highest BCUT2D eigenvalue weighted by Crippen LogP contribution is 2.37. The SMILES string of the molecule is COc1cc(/C=C/C(=O)NC2CCCCC2C(F)(F)F)ccc1OCC#N. The molecule has 1 aromatic carbocycles. The van der Waals surface area contributed by atoms with Gasteiger partial charge in [0.2, 0.25) is 5.91 Å². The number of amides is 1. The van der Waals surface area contributed by atoms with Gasteiger partial charge in [-0.05, 0) is 36.6 Å². The van der Waals surface area contributed by atoms with Gasteiger partial charge in [-0.25, -0.2) is 0 Å². The van der Waals surface area contributed by atoms with E-state index in [0.717, 1.165) is 0 Å². The van der Waals surface area contributed by atoms with Gasteiger partial charge in [0.1, 0.15) is 6.07 Å². The minimum atomic E-state index is -4.31. The molecule has 1 N–H and O–H groups in total. The molecule has 1 saturated carbocycles.